The van der Waals surface area contributed by atoms with Crippen molar-refractivity contribution >= 4 is 46.9 Å². The van der Waals surface area contributed by atoms with Gasteiger partial charge in [0.2, 0.25) is 0 Å². The van der Waals surface area contributed by atoms with Crippen LogP contribution in [0.15, 0.2) is 42.0 Å². The topological polar surface area (TPSA) is 128 Å². The molecule has 4 amide bonds. The van der Waals surface area contributed by atoms with E-state index in [4.69, 9.17) is 21.1 Å². The fraction of sp³-hybridized carbons (Fsp3) is 0.292. The number of nitro groups is 1. The van der Waals surface area contributed by atoms with Crippen LogP contribution in [0.5, 0.6) is 11.5 Å². The normalized spacial score (nSPS) is 14.8. The molecular formula is C24H24ClN3O7. The fourth-order valence-corrected chi connectivity index (χ4v) is 3.74. The highest BCUT2D eigenvalue weighted by molar-refractivity contribution is 6.39. The summed E-state index contributed by atoms with van der Waals surface area (Å²) in [7, 11) is 1.44. The Kier molecular flexibility index (Phi) is 8.43. The Bertz CT molecular complexity index is 1200. The molecule has 0 atom stereocenters. The Balaban J connectivity index is 1.91. The standard InChI is InChI=1S/C24H24ClN3O7/c1-3-4-5-6-10-35-21-19(25)12-15(13-20(21)34-2)11-18-22(29)26-24(31)27(23(18)30)16-8-7-9-17(14-16)28(32)33/h7-9,11-14H,3-6,10H2,1-2H3,(H,26,29,31)/b18-11-. The minimum Gasteiger partial charge on any atom is -0.493 e. The van der Waals surface area contributed by atoms with Gasteiger partial charge in [-0.15, -0.1) is 0 Å². The first-order chi connectivity index (χ1) is 16.8. The van der Waals surface area contributed by atoms with E-state index in [0.717, 1.165) is 31.7 Å². The van der Waals surface area contributed by atoms with Gasteiger partial charge in [-0.05, 0) is 36.3 Å². The quantitative estimate of drug-likeness (QED) is 0.161. The van der Waals surface area contributed by atoms with Crippen LogP contribution in [0, 0.1) is 10.1 Å². The molecule has 10 nitrogen and oxygen atoms in total. The number of nitrogens with one attached hydrogen (secondary N) is 1. The second-order valence-corrected chi connectivity index (χ2v) is 8.09. The van der Waals surface area contributed by atoms with Crippen LogP contribution in [0.4, 0.5) is 16.2 Å². The molecule has 11 heteroatoms. The zero-order chi connectivity index (χ0) is 25.5. The average molecular weight is 502 g/mol. The Morgan fingerprint density at radius 3 is 2.60 bits per heavy atom. The smallest absolute Gasteiger partial charge is 0.335 e. The summed E-state index contributed by atoms with van der Waals surface area (Å²) < 4.78 is 11.2. The van der Waals surface area contributed by atoms with Gasteiger partial charge in [-0.25, -0.2) is 9.69 Å². The van der Waals surface area contributed by atoms with E-state index in [0.29, 0.717) is 28.6 Å². The maximum absolute atomic E-state index is 13.1. The molecule has 184 valence electrons. The van der Waals surface area contributed by atoms with Gasteiger partial charge in [0.05, 0.1) is 29.4 Å². The van der Waals surface area contributed by atoms with Crippen molar-refractivity contribution in [3.8, 4) is 11.5 Å². The number of nitrogens with zero attached hydrogens (tertiary/aromatic N) is 2. The summed E-state index contributed by atoms with van der Waals surface area (Å²) in [6, 6.07) is 7.02. The molecule has 0 aromatic heterocycles. The van der Waals surface area contributed by atoms with Gasteiger partial charge in [-0.1, -0.05) is 43.9 Å². The highest BCUT2D eigenvalue weighted by Gasteiger charge is 2.37. The van der Waals surface area contributed by atoms with Crippen molar-refractivity contribution in [1.29, 1.82) is 0 Å². The lowest BCUT2D eigenvalue weighted by molar-refractivity contribution is -0.384. The number of non-ortho nitro benzene ring substituents is 1. The van der Waals surface area contributed by atoms with Gasteiger partial charge in [-0.3, -0.25) is 25.0 Å². The predicted octanol–water partition coefficient (Wildman–Crippen LogP) is 4.88. The van der Waals surface area contributed by atoms with Gasteiger partial charge in [0, 0.05) is 12.1 Å². The number of benzene rings is 2. The molecule has 0 bridgehead atoms. The molecule has 3 rings (SSSR count). The van der Waals surface area contributed by atoms with Gasteiger partial charge < -0.3 is 9.47 Å². The summed E-state index contributed by atoms with van der Waals surface area (Å²) in [5.41, 5.74) is -0.366. The number of methoxy groups -OCH3 is 1. The minimum atomic E-state index is -1.01. The minimum absolute atomic E-state index is 0.0532. The van der Waals surface area contributed by atoms with Crippen LogP contribution in [0.1, 0.15) is 38.2 Å². The fourth-order valence-electron chi connectivity index (χ4n) is 3.47. The highest BCUT2D eigenvalue weighted by Crippen LogP contribution is 2.37. The number of amides is 4. The number of anilines is 1. The molecular weight excluding hydrogens is 478 g/mol. The van der Waals surface area contributed by atoms with E-state index in [1.165, 1.54) is 37.5 Å². The molecule has 2 aromatic rings. The highest BCUT2D eigenvalue weighted by atomic mass is 35.5. The number of ether oxygens (including phenoxy) is 2. The van der Waals surface area contributed by atoms with Crippen molar-refractivity contribution in [3.63, 3.8) is 0 Å². The molecule has 1 N–H and O–H groups in total. The van der Waals surface area contributed by atoms with Crippen LogP contribution >= 0.6 is 11.6 Å². The summed E-state index contributed by atoms with van der Waals surface area (Å²) >= 11 is 6.39. The number of carbonyl (C=O) groups excluding carboxylic acids is 3. The van der Waals surface area contributed by atoms with Gasteiger partial charge in [0.25, 0.3) is 17.5 Å². The number of carbonyl (C=O) groups is 3. The molecule has 0 unspecified atom stereocenters. The Morgan fingerprint density at radius 1 is 1.14 bits per heavy atom. The Morgan fingerprint density at radius 2 is 1.91 bits per heavy atom. The zero-order valence-corrected chi connectivity index (χ0v) is 20.0. The Hall–Kier alpha value is -3.92. The number of rotatable bonds is 10. The van der Waals surface area contributed by atoms with E-state index in [1.54, 1.807) is 6.07 Å². The first kappa shape index (κ1) is 25.7. The first-order valence-corrected chi connectivity index (χ1v) is 11.3. The molecule has 0 saturated carbocycles. The molecule has 35 heavy (non-hydrogen) atoms. The van der Waals surface area contributed by atoms with E-state index in [2.05, 4.69) is 12.2 Å². The number of barbiturate groups is 1. The van der Waals surface area contributed by atoms with Crippen molar-refractivity contribution in [2.75, 3.05) is 18.6 Å². The zero-order valence-electron chi connectivity index (χ0n) is 19.2. The summed E-state index contributed by atoms with van der Waals surface area (Å²) in [6.45, 7) is 2.57. The van der Waals surface area contributed by atoms with Crippen LogP contribution in [0.3, 0.4) is 0 Å². The molecule has 1 aliphatic heterocycles. The van der Waals surface area contributed by atoms with E-state index in [9.17, 15) is 24.5 Å². The molecule has 1 fully saturated rings. The second kappa shape index (κ2) is 11.5. The van der Waals surface area contributed by atoms with Crippen molar-refractivity contribution in [2.45, 2.75) is 32.6 Å². The van der Waals surface area contributed by atoms with Gasteiger partial charge in [0.15, 0.2) is 11.5 Å². The number of hydrogen-bond acceptors (Lipinski definition) is 7. The predicted molar refractivity (Wildman–Crippen MR) is 130 cm³/mol. The first-order valence-electron chi connectivity index (χ1n) is 10.9. The summed E-state index contributed by atoms with van der Waals surface area (Å²) in [4.78, 5) is 49.0. The molecule has 1 saturated heterocycles. The van der Waals surface area contributed by atoms with Gasteiger partial charge >= 0.3 is 6.03 Å². The van der Waals surface area contributed by atoms with Crippen LogP contribution in [-0.4, -0.2) is 36.5 Å². The lowest BCUT2D eigenvalue weighted by Gasteiger charge is -2.26. The van der Waals surface area contributed by atoms with Crippen LogP contribution in [-0.2, 0) is 9.59 Å². The molecule has 0 aliphatic carbocycles. The number of urea groups is 1. The lowest BCUT2D eigenvalue weighted by atomic mass is 10.1. The summed E-state index contributed by atoms with van der Waals surface area (Å²) in [5, 5.41) is 13.4. The van der Waals surface area contributed by atoms with E-state index in [1.807, 2.05) is 0 Å². The van der Waals surface area contributed by atoms with Crippen molar-refractivity contribution < 1.29 is 28.8 Å². The second-order valence-electron chi connectivity index (χ2n) is 7.68. The summed E-state index contributed by atoms with van der Waals surface area (Å²) in [6.07, 6.45) is 5.34. The third-order valence-corrected chi connectivity index (χ3v) is 5.49. The van der Waals surface area contributed by atoms with E-state index >= 15 is 0 Å². The number of halogens is 1. The molecule has 1 aliphatic rings. The van der Waals surface area contributed by atoms with Crippen molar-refractivity contribution in [3.05, 3.63) is 62.7 Å². The molecule has 0 radical (unpaired) electrons. The number of unbranched alkanes of at least 4 members (excludes halogenated alkanes) is 3. The number of hydrogen-bond donors (Lipinski definition) is 1. The largest absolute Gasteiger partial charge is 0.493 e. The third-order valence-electron chi connectivity index (χ3n) is 5.21. The van der Waals surface area contributed by atoms with Crippen molar-refractivity contribution in [2.24, 2.45) is 0 Å². The molecule has 1 heterocycles. The van der Waals surface area contributed by atoms with Crippen molar-refractivity contribution in [1.82, 2.24) is 5.32 Å². The van der Waals surface area contributed by atoms with Gasteiger partial charge in [-0.2, -0.15) is 0 Å². The maximum atomic E-state index is 13.1. The monoisotopic (exact) mass is 501 g/mol. The molecule has 0 spiro atoms. The third kappa shape index (κ3) is 5.96. The SMILES string of the molecule is CCCCCCOc1c(Cl)cc(/C=C2/C(=O)NC(=O)N(c3cccc([N+](=O)[O-])c3)C2=O)cc1OC. The Labute approximate surface area is 206 Å². The van der Waals surface area contributed by atoms with Crippen LogP contribution in [0.2, 0.25) is 5.02 Å². The van der Waals surface area contributed by atoms with Gasteiger partial charge in [0.1, 0.15) is 5.57 Å². The average Bonchev–Trinajstić information content (AvgIpc) is 2.82. The van der Waals surface area contributed by atoms with E-state index < -0.39 is 22.8 Å². The van der Waals surface area contributed by atoms with E-state index in [-0.39, 0.29) is 22.0 Å². The summed E-state index contributed by atoms with van der Waals surface area (Å²) in [5.74, 6) is -1.19. The van der Waals surface area contributed by atoms with Crippen LogP contribution in [0.25, 0.3) is 6.08 Å². The molecule has 2 aromatic carbocycles. The lowest BCUT2D eigenvalue weighted by Crippen LogP contribution is -2.54. The maximum Gasteiger partial charge on any atom is 0.335 e. The number of imide groups is 2. The number of nitro benzene ring substituents is 1. The van der Waals surface area contributed by atoms with Crippen LogP contribution < -0.4 is 19.7 Å².